The van der Waals surface area contributed by atoms with Gasteiger partial charge in [-0.05, 0) is 30.7 Å². The average molecular weight is 309 g/mol. The molecule has 0 bridgehead atoms. The third kappa shape index (κ3) is 3.20. The quantitative estimate of drug-likeness (QED) is 0.884. The topological polar surface area (TPSA) is 55.0 Å². The van der Waals surface area contributed by atoms with E-state index in [4.69, 9.17) is 4.74 Å². The van der Waals surface area contributed by atoms with Gasteiger partial charge in [0.15, 0.2) is 5.69 Å². The lowest BCUT2D eigenvalue weighted by atomic mass is 10.1. The number of hydrogen-bond donors (Lipinski definition) is 1. The van der Waals surface area contributed by atoms with E-state index in [1.165, 1.54) is 0 Å². The number of H-pyrrole nitrogens is 1. The van der Waals surface area contributed by atoms with Crippen molar-refractivity contribution in [1.29, 1.82) is 0 Å². The van der Waals surface area contributed by atoms with Crippen molar-refractivity contribution in [3.05, 3.63) is 51.8 Å². The Hall–Kier alpha value is -1.62. The first-order valence-corrected chi connectivity index (χ1v) is 6.44. The lowest BCUT2D eigenvalue weighted by molar-refractivity contribution is 0.0519. The summed E-state index contributed by atoms with van der Waals surface area (Å²) in [5.41, 5.74) is 2.36. The third-order valence-corrected chi connectivity index (χ3v) is 2.95. The molecule has 2 aromatic rings. The molecule has 1 aromatic carbocycles. The number of carbonyl (C=O) groups is 1. The molecule has 0 saturated carbocycles. The van der Waals surface area contributed by atoms with E-state index in [-0.39, 0.29) is 0 Å². The van der Waals surface area contributed by atoms with Crippen LogP contribution in [0.25, 0.3) is 0 Å². The second kappa shape index (κ2) is 5.82. The zero-order valence-electron chi connectivity index (χ0n) is 9.94. The molecule has 0 radical (unpaired) electrons. The minimum Gasteiger partial charge on any atom is -0.461 e. The summed E-state index contributed by atoms with van der Waals surface area (Å²) in [6.45, 7) is 2.13. The van der Waals surface area contributed by atoms with E-state index in [1.807, 2.05) is 24.3 Å². The molecule has 2 rings (SSSR count). The van der Waals surface area contributed by atoms with Crippen LogP contribution in [0.5, 0.6) is 0 Å². The number of nitrogens with one attached hydrogen (secondary N) is 1. The van der Waals surface area contributed by atoms with Gasteiger partial charge in [-0.2, -0.15) is 5.10 Å². The highest BCUT2D eigenvalue weighted by atomic mass is 79.9. The number of rotatable bonds is 4. The molecule has 0 atom stereocenters. The van der Waals surface area contributed by atoms with Gasteiger partial charge in [-0.25, -0.2) is 4.79 Å². The Kier molecular flexibility index (Phi) is 4.15. The molecule has 18 heavy (non-hydrogen) atoms. The highest BCUT2D eigenvalue weighted by Crippen LogP contribution is 2.13. The van der Waals surface area contributed by atoms with Crippen LogP contribution in [-0.2, 0) is 11.2 Å². The fourth-order valence-corrected chi connectivity index (χ4v) is 1.85. The molecule has 1 aromatic heterocycles. The average Bonchev–Trinajstić information content (AvgIpc) is 2.81. The molecule has 0 aliphatic rings. The number of carbonyl (C=O) groups excluding carboxylic acids is 1. The number of nitrogens with zero attached hydrogens (tertiary/aromatic N) is 1. The SMILES string of the molecule is CCOC(=O)c1cc(Cc2ccc(Br)cc2)[nH]n1. The maximum Gasteiger partial charge on any atom is 0.358 e. The number of ether oxygens (including phenoxy) is 1. The number of aromatic nitrogens is 2. The van der Waals surface area contributed by atoms with Gasteiger partial charge in [0, 0.05) is 16.6 Å². The van der Waals surface area contributed by atoms with Crippen molar-refractivity contribution in [2.24, 2.45) is 0 Å². The number of aromatic amines is 1. The Labute approximate surface area is 113 Å². The van der Waals surface area contributed by atoms with Gasteiger partial charge in [0.2, 0.25) is 0 Å². The molecular weight excluding hydrogens is 296 g/mol. The first-order chi connectivity index (χ1) is 8.69. The second-order valence-corrected chi connectivity index (χ2v) is 4.72. The summed E-state index contributed by atoms with van der Waals surface area (Å²) in [6, 6.07) is 9.74. The van der Waals surface area contributed by atoms with E-state index >= 15 is 0 Å². The maximum atomic E-state index is 11.4. The van der Waals surface area contributed by atoms with Gasteiger partial charge in [-0.1, -0.05) is 28.1 Å². The van der Waals surface area contributed by atoms with E-state index in [0.717, 1.165) is 15.7 Å². The number of esters is 1. The lowest BCUT2D eigenvalue weighted by Crippen LogP contribution is -2.04. The van der Waals surface area contributed by atoms with Crippen molar-refractivity contribution in [3.63, 3.8) is 0 Å². The van der Waals surface area contributed by atoms with Crippen molar-refractivity contribution >= 4 is 21.9 Å². The molecule has 1 heterocycles. The Morgan fingerprint density at radius 1 is 1.39 bits per heavy atom. The number of halogens is 1. The Morgan fingerprint density at radius 3 is 2.78 bits per heavy atom. The van der Waals surface area contributed by atoms with E-state index in [9.17, 15) is 4.79 Å². The molecule has 1 N–H and O–H groups in total. The molecule has 0 aliphatic heterocycles. The van der Waals surface area contributed by atoms with E-state index in [2.05, 4.69) is 26.1 Å². The summed E-state index contributed by atoms with van der Waals surface area (Å²) >= 11 is 3.39. The molecule has 4 nitrogen and oxygen atoms in total. The van der Waals surface area contributed by atoms with Gasteiger partial charge >= 0.3 is 5.97 Å². The van der Waals surface area contributed by atoms with E-state index < -0.39 is 5.97 Å². The molecule has 0 saturated heterocycles. The van der Waals surface area contributed by atoms with Crippen LogP contribution in [0.4, 0.5) is 0 Å². The molecule has 94 valence electrons. The van der Waals surface area contributed by atoms with Gasteiger partial charge in [-0.15, -0.1) is 0 Å². The third-order valence-electron chi connectivity index (χ3n) is 2.42. The Bertz CT molecular complexity index is 534. The fourth-order valence-electron chi connectivity index (χ4n) is 1.58. The smallest absolute Gasteiger partial charge is 0.358 e. The predicted molar refractivity (Wildman–Crippen MR) is 71.5 cm³/mol. The molecule has 0 spiro atoms. The van der Waals surface area contributed by atoms with Gasteiger partial charge < -0.3 is 4.74 Å². The van der Waals surface area contributed by atoms with Crippen LogP contribution >= 0.6 is 15.9 Å². The summed E-state index contributed by atoms with van der Waals surface area (Å²) in [5, 5.41) is 6.79. The number of benzene rings is 1. The molecular formula is C13H13BrN2O2. The van der Waals surface area contributed by atoms with Crippen molar-refractivity contribution < 1.29 is 9.53 Å². The summed E-state index contributed by atoms with van der Waals surface area (Å²) < 4.78 is 5.92. The van der Waals surface area contributed by atoms with Crippen LogP contribution in [0.2, 0.25) is 0 Å². The standard InChI is InChI=1S/C13H13BrN2O2/c1-2-18-13(17)12-8-11(15-16-12)7-9-3-5-10(14)6-4-9/h3-6,8H,2,7H2,1H3,(H,15,16). The molecule has 0 unspecified atom stereocenters. The number of hydrogen-bond acceptors (Lipinski definition) is 3. The van der Waals surface area contributed by atoms with Crippen LogP contribution in [0, 0.1) is 0 Å². The summed E-state index contributed by atoms with van der Waals surface area (Å²) in [4.78, 5) is 11.4. The molecule has 0 fully saturated rings. The van der Waals surface area contributed by atoms with E-state index in [1.54, 1.807) is 13.0 Å². The van der Waals surface area contributed by atoms with Gasteiger partial charge in [0.05, 0.1) is 6.61 Å². The Morgan fingerprint density at radius 2 is 2.11 bits per heavy atom. The Balaban J connectivity index is 2.06. The summed E-state index contributed by atoms with van der Waals surface area (Å²) in [7, 11) is 0. The highest BCUT2D eigenvalue weighted by molar-refractivity contribution is 9.10. The van der Waals surface area contributed by atoms with Gasteiger partial charge in [-0.3, -0.25) is 5.10 Å². The minimum atomic E-state index is -0.393. The maximum absolute atomic E-state index is 11.4. The summed E-state index contributed by atoms with van der Waals surface area (Å²) in [5.74, 6) is -0.393. The van der Waals surface area contributed by atoms with Crippen LogP contribution < -0.4 is 0 Å². The fraction of sp³-hybridized carbons (Fsp3) is 0.231. The highest BCUT2D eigenvalue weighted by Gasteiger charge is 2.11. The second-order valence-electron chi connectivity index (χ2n) is 3.80. The van der Waals surface area contributed by atoms with Crippen LogP contribution in [0.15, 0.2) is 34.8 Å². The first kappa shape index (κ1) is 12.8. The van der Waals surface area contributed by atoms with Crippen molar-refractivity contribution in [2.75, 3.05) is 6.61 Å². The molecule has 0 amide bonds. The lowest BCUT2D eigenvalue weighted by Gasteiger charge is -1.98. The van der Waals surface area contributed by atoms with Gasteiger partial charge in [0.25, 0.3) is 0 Å². The van der Waals surface area contributed by atoms with Crippen LogP contribution in [0.3, 0.4) is 0 Å². The van der Waals surface area contributed by atoms with E-state index in [0.29, 0.717) is 18.7 Å². The predicted octanol–water partition coefficient (Wildman–Crippen LogP) is 2.94. The van der Waals surface area contributed by atoms with Crippen LogP contribution in [-0.4, -0.2) is 22.8 Å². The summed E-state index contributed by atoms with van der Waals surface area (Å²) in [6.07, 6.45) is 0.708. The van der Waals surface area contributed by atoms with Gasteiger partial charge in [0.1, 0.15) is 0 Å². The van der Waals surface area contributed by atoms with Crippen LogP contribution in [0.1, 0.15) is 28.7 Å². The normalized spacial score (nSPS) is 10.3. The molecule has 0 aliphatic carbocycles. The van der Waals surface area contributed by atoms with Crippen molar-refractivity contribution in [1.82, 2.24) is 10.2 Å². The minimum absolute atomic E-state index is 0.323. The zero-order chi connectivity index (χ0) is 13.0. The van der Waals surface area contributed by atoms with Crippen molar-refractivity contribution in [2.45, 2.75) is 13.3 Å². The zero-order valence-corrected chi connectivity index (χ0v) is 11.5. The monoisotopic (exact) mass is 308 g/mol. The first-order valence-electron chi connectivity index (χ1n) is 5.65. The largest absolute Gasteiger partial charge is 0.461 e. The molecule has 5 heteroatoms. The van der Waals surface area contributed by atoms with Crippen molar-refractivity contribution in [3.8, 4) is 0 Å².